The molecule has 0 saturated carbocycles. The maximum absolute atomic E-state index is 5.20. The average molecular weight is 98.1 g/mol. The van der Waals surface area contributed by atoms with Gasteiger partial charge in [-0.2, -0.15) is 0 Å². The maximum atomic E-state index is 5.20. The second-order valence-electron chi connectivity index (χ2n) is 1.36. The molecule has 0 fully saturated rings. The smallest absolute Gasteiger partial charge is 0.0262 e. The van der Waals surface area contributed by atoms with Gasteiger partial charge in [0.1, 0.15) is 0 Å². The third kappa shape index (κ3) is 3.19. The Hall–Kier alpha value is -0.630. The first-order valence-electron chi connectivity index (χ1n) is 2.12. The quantitative estimate of drug-likeness (QED) is 0.503. The van der Waals surface area contributed by atoms with E-state index in [1.807, 2.05) is 6.92 Å². The minimum absolute atomic E-state index is 0.568. The summed E-state index contributed by atoms with van der Waals surface area (Å²) < 4.78 is 0. The van der Waals surface area contributed by atoms with E-state index < -0.39 is 0 Å². The molecule has 0 amide bonds. The Morgan fingerprint density at radius 3 is 2.71 bits per heavy atom. The highest BCUT2D eigenvalue weighted by molar-refractivity contribution is 5.26. The molecule has 2 N–H and O–H groups in total. The summed E-state index contributed by atoms with van der Waals surface area (Å²) >= 11 is 0. The SMILES string of the molecule is C=N/C=C(\C)CN. The van der Waals surface area contributed by atoms with E-state index in [0.717, 1.165) is 5.57 Å². The fourth-order valence-electron chi connectivity index (χ4n) is 0.209. The molecular weight excluding hydrogens is 88.1 g/mol. The summed E-state index contributed by atoms with van der Waals surface area (Å²) in [5.41, 5.74) is 6.25. The number of aliphatic imine (C=N–C) groups is 1. The molecule has 0 radical (unpaired) electrons. The lowest BCUT2D eigenvalue weighted by Crippen LogP contribution is -1.98. The van der Waals surface area contributed by atoms with Crippen molar-refractivity contribution in [1.82, 2.24) is 0 Å². The van der Waals surface area contributed by atoms with Crippen LogP contribution in [0.2, 0.25) is 0 Å². The predicted octanol–water partition coefficient (Wildman–Crippen LogP) is 0.550. The van der Waals surface area contributed by atoms with Crippen molar-refractivity contribution in [2.75, 3.05) is 6.54 Å². The van der Waals surface area contributed by atoms with Crippen LogP contribution >= 0.6 is 0 Å². The van der Waals surface area contributed by atoms with Crippen LogP contribution in [0.4, 0.5) is 0 Å². The first-order chi connectivity index (χ1) is 3.31. The molecule has 2 nitrogen and oxygen atoms in total. The van der Waals surface area contributed by atoms with Crippen LogP contribution < -0.4 is 5.73 Å². The van der Waals surface area contributed by atoms with E-state index in [2.05, 4.69) is 11.7 Å². The summed E-state index contributed by atoms with van der Waals surface area (Å²) in [6, 6.07) is 0. The van der Waals surface area contributed by atoms with Crippen LogP contribution in [0.3, 0.4) is 0 Å². The van der Waals surface area contributed by atoms with Crippen LogP contribution in [-0.4, -0.2) is 13.3 Å². The first-order valence-corrected chi connectivity index (χ1v) is 2.12. The molecule has 0 aromatic carbocycles. The molecule has 0 saturated heterocycles. The lowest BCUT2D eigenvalue weighted by atomic mass is 10.3. The van der Waals surface area contributed by atoms with Crippen molar-refractivity contribution in [3.05, 3.63) is 11.8 Å². The van der Waals surface area contributed by atoms with Gasteiger partial charge in [0, 0.05) is 12.7 Å². The molecule has 0 atom stereocenters. The second-order valence-corrected chi connectivity index (χ2v) is 1.36. The van der Waals surface area contributed by atoms with Gasteiger partial charge in [0.25, 0.3) is 0 Å². The zero-order chi connectivity index (χ0) is 5.70. The topological polar surface area (TPSA) is 38.4 Å². The Balaban J connectivity index is 3.49. The zero-order valence-corrected chi connectivity index (χ0v) is 4.52. The molecule has 0 unspecified atom stereocenters. The van der Waals surface area contributed by atoms with E-state index >= 15 is 0 Å². The van der Waals surface area contributed by atoms with E-state index in [1.165, 1.54) is 0 Å². The van der Waals surface area contributed by atoms with Gasteiger partial charge in [-0.1, -0.05) is 0 Å². The summed E-state index contributed by atoms with van der Waals surface area (Å²) in [5.74, 6) is 0. The van der Waals surface area contributed by atoms with Gasteiger partial charge >= 0.3 is 0 Å². The fraction of sp³-hybridized carbons (Fsp3) is 0.400. The third-order valence-corrected chi connectivity index (χ3v) is 0.634. The van der Waals surface area contributed by atoms with Gasteiger partial charge in [-0.15, -0.1) is 0 Å². The van der Waals surface area contributed by atoms with Crippen LogP contribution in [0.15, 0.2) is 16.8 Å². The van der Waals surface area contributed by atoms with E-state index in [4.69, 9.17) is 5.73 Å². The molecule has 0 aliphatic heterocycles. The molecule has 0 aliphatic carbocycles. The van der Waals surface area contributed by atoms with Crippen LogP contribution in [0, 0.1) is 0 Å². The Labute approximate surface area is 43.7 Å². The number of nitrogens with zero attached hydrogens (tertiary/aromatic N) is 1. The molecule has 0 aromatic heterocycles. The van der Waals surface area contributed by atoms with E-state index in [-0.39, 0.29) is 0 Å². The van der Waals surface area contributed by atoms with E-state index in [1.54, 1.807) is 6.20 Å². The van der Waals surface area contributed by atoms with Crippen LogP contribution in [0.1, 0.15) is 6.92 Å². The zero-order valence-electron chi connectivity index (χ0n) is 4.52. The maximum Gasteiger partial charge on any atom is 0.0262 e. The van der Waals surface area contributed by atoms with Crippen molar-refractivity contribution >= 4 is 6.72 Å². The summed E-state index contributed by atoms with van der Waals surface area (Å²) in [5, 5.41) is 0. The number of hydrogen-bond acceptors (Lipinski definition) is 2. The molecule has 2 heteroatoms. The van der Waals surface area contributed by atoms with Crippen molar-refractivity contribution < 1.29 is 0 Å². The predicted molar refractivity (Wildman–Crippen MR) is 32.4 cm³/mol. The van der Waals surface area contributed by atoms with Crippen LogP contribution in [0.5, 0.6) is 0 Å². The van der Waals surface area contributed by atoms with Crippen molar-refractivity contribution in [1.29, 1.82) is 0 Å². The number of nitrogens with two attached hydrogens (primary N) is 1. The second kappa shape index (κ2) is 3.56. The first kappa shape index (κ1) is 6.37. The Morgan fingerprint density at radius 2 is 2.57 bits per heavy atom. The van der Waals surface area contributed by atoms with Gasteiger partial charge in [-0.05, 0) is 19.2 Å². The molecule has 0 aromatic rings. The van der Waals surface area contributed by atoms with Crippen molar-refractivity contribution in [3.8, 4) is 0 Å². The molecule has 0 rings (SSSR count). The minimum atomic E-state index is 0.568. The van der Waals surface area contributed by atoms with E-state index in [0.29, 0.717) is 6.54 Å². The fourth-order valence-corrected chi connectivity index (χ4v) is 0.209. The normalized spacial score (nSPS) is 11.4. The van der Waals surface area contributed by atoms with Gasteiger partial charge in [-0.25, -0.2) is 0 Å². The van der Waals surface area contributed by atoms with Crippen molar-refractivity contribution in [2.45, 2.75) is 6.92 Å². The third-order valence-electron chi connectivity index (χ3n) is 0.634. The molecular formula is C5H10N2. The standard InChI is InChI=1S/C5H10N2/c1-5(3-6)4-7-2/h4H,2-3,6H2,1H3/b5-4+. The Kier molecular flexibility index (Phi) is 3.24. The van der Waals surface area contributed by atoms with Gasteiger partial charge in [0.2, 0.25) is 0 Å². The lowest BCUT2D eigenvalue weighted by molar-refractivity contribution is 1.13. The van der Waals surface area contributed by atoms with E-state index in [9.17, 15) is 0 Å². The van der Waals surface area contributed by atoms with Gasteiger partial charge in [0.05, 0.1) is 0 Å². The summed E-state index contributed by atoms with van der Waals surface area (Å²) in [6.07, 6.45) is 1.65. The van der Waals surface area contributed by atoms with Crippen molar-refractivity contribution in [2.24, 2.45) is 10.7 Å². The average Bonchev–Trinajstić information content (AvgIpc) is 1.68. The molecule has 0 spiro atoms. The molecule has 40 valence electrons. The lowest BCUT2D eigenvalue weighted by Gasteiger charge is -1.86. The number of rotatable bonds is 2. The van der Waals surface area contributed by atoms with Gasteiger partial charge < -0.3 is 5.73 Å². The largest absolute Gasteiger partial charge is 0.327 e. The minimum Gasteiger partial charge on any atom is -0.327 e. The number of hydrogen-bond donors (Lipinski definition) is 1. The Morgan fingerprint density at radius 1 is 2.00 bits per heavy atom. The summed E-state index contributed by atoms with van der Waals surface area (Å²) in [4.78, 5) is 3.51. The molecule has 0 aliphatic rings. The monoisotopic (exact) mass is 98.1 g/mol. The highest BCUT2D eigenvalue weighted by Crippen LogP contribution is 1.84. The Bertz CT molecular complexity index is 84.1. The molecule has 7 heavy (non-hydrogen) atoms. The van der Waals surface area contributed by atoms with Gasteiger partial charge in [-0.3, -0.25) is 4.99 Å². The highest BCUT2D eigenvalue weighted by Gasteiger charge is 1.75. The highest BCUT2D eigenvalue weighted by atomic mass is 14.6. The van der Waals surface area contributed by atoms with Crippen molar-refractivity contribution in [3.63, 3.8) is 0 Å². The van der Waals surface area contributed by atoms with Crippen LogP contribution in [-0.2, 0) is 0 Å². The molecule has 0 bridgehead atoms. The summed E-state index contributed by atoms with van der Waals surface area (Å²) in [7, 11) is 0. The summed E-state index contributed by atoms with van der Waals surface area (Å²) in [6.45, 7) is 5.75. The van der Waals surface area contributed by atoms with Gasteiger partial charge in [0.15, 0.2) is 0 Å². The van der Waals surface area contributed by atoms with Crippen LogP contribution in [0.25, 0.3) is 0 Å². The molecule has 0 heterocycles.